The van der Waals surface area contributed by atoms with Crippen molar-refractivity contribution >= 4 is 17.3 Å². The molecule has 0 N–H and O–H groups in total. The lowest BCUT2D eigenvalue weighted by atomic mass is 10.9. The van der Waals surface area contributed by atoms with Crippen LogP contribution in [0.2, 0.25) is 0 Å². The Morgan fingerprint density at radius 3 is 2.00 bits per heavy atom. The van der Waals surface area contributed by atoms with E-state index in [4.69, 9.17) is 9.05 Å². The minimum Gasteiger partial charge on any atom is -0.308 e. The highest BCUT2D eigenvalue weighted by molar-refractivity contribution is 7.98. The van der Waals surface area contributed by atoms with Gasteiger partial charge in [0.2, 0.25) is 0 Å². The van der Waals surface area contributed by atoms with E-state index >= 15 is 0 Å². The fraction of sp³-hybridized carbons (Fsp3) is 1.00. The summed E-state index contributed by atoms with van der Waals surface area (Å²) >= 11 is 0. The predicted octanol–water partition coefficient (Wildman–Crippen LogP) is 1.94. The maximum Gasteiger partial charge on any atom is 0.343 e. The molecule has 0 spiro atoms. The van der Waals surface area contributed by atoms with Crippen LogP contribution in [0.25, 0.3) is 0 Å². The number of nitrogens with zero attached hydrogens (tertiary/aromatic N) is 1. The number of rotatable bonds is 6. The highest BCUT2D eigenvalue weighted by atomic mass is 32.2. The van der Waals surface area contributed by atoms with Crippen LogP contribution in [0.15, 0.2) is 4.36 Å². The molecule has 0 fully saturated rings. The Labute approximate surface area is 85.9 Å². The molecule has 0 radical (unpaired) electrons. The average Bonchev–Trinajstić information content (AvgIpc) is 2.03. The van der Waals surface area contributed by atoms with Crippen LogP contribution in [0.4, 0.5) is 0 Å². The molecule has 0 aliphatic rings. The Balaban J connectivity index is 4.70. The maximum absolute atomic E-state index is 11.9. The predicted molar refractivity (Wildman–Crippen MR) is 58.1 cm³/mol. The molecule has 0 aromatic heterocycles. The fourth-order valence-corrected chi connectivity index (χ4v) is 5.12. The van der Waals surface area contributed by atoms with Crippen molar-refractivity contribution in [3.63, 3.8) is 0 Å². The molecule has 0 aliphatic heterocycles. The molecule has 0 heterocycles. The molecule has 0 saturated heterocycles. The minimum absolute atomic E-state index is 0.141. The second-order valence-electron chi connectivity index (χ2n) is 2.72. The summed E-state index contributed by atoms with van der Waals surface area (Å²) in [5, 5.41) is 0. The van der Waals surface area contributed by atoms with Gasteiger partial charge in [0.25, 0.3) is 0 Å². The van der Waals surface area contributed by atoms with Gasteiger partial charge in [0.15, 0.2) is 0 Å². The van der Waals surface area contributed by atoms with Gasteiger partial charge in [0, 0.05) is 13.3 Å². The van der Waals surface area contributed by atoms with Crippen LogP contribution in [-0.2, 0) is 23.3 Å². The van der Waals surface area contributed by atoms with Crippen LogP contribution in [0, 0.1) is 0 Å². The van der Waals surface area contributed by atoms with Gasteiger partial charge in [-0.1, -0.05) is 0 Å². The zero-order valence-electron chi connectivity index (χ0n) is 9.06. The molecule has 14 heavy (non-hydrogen) atoms. The van der Waals surface area contributed by atoms with E-state index in [0.29, 0.717) is 0 Å². The van der Waals surface area contributed by atoms with Crippen molar-refractivity contribution in [1.29, 1.82) is 0 Å². The van der Waals surface area contributed by atoms with Gasteiger partial charge >= 0.3 is 7.60 Å². The van der Waals surface area contributed by atoms with E-state index < -0.39 is 17.3 Å². The number of hydrogen-bond acceptors (Lipinski definition) is 5. The average molecular weight is 243 g/mol. The van der Waals surface area contributed by atoms with Crippen molar-refractivity contribution in [1.82, 2.24) is 0 Å². The highest BCUT2D eigenvalue weighted by Gasteiger charge is 2.27. The fourth-order valence-electron chi connectivity index (χ4n) is 0.856. The molecule has 0 amide bonds. The van der Waals surface area contributed by atoms with E-state index in [1.165, 1.54) is 13.3 Å². The lowest BCUT2D eigenvalue weighted by Gasteiger charge is -2.16. The van der Waals surface area contributed by atoms with Crippen LogP contribution < -0.4 is 0 Å². The van der Waals surface area contributed by atoms with E-state index in [1.54, 1.807) is 13.8 Å². The topological polar surface area (TPSA) is 65.0 Å². The molecular formula is C7H18NO4PS. The third-order valence-corrected chi connectivity index (χ3v) is 6.69. The Bertz CT molecular complexity index is 312. The van der Waals surface area contributed by atoms with Gasteiger partial charge in [-0.15, -0.1) is 0 Å². The quantitative estimate of drug-likeness (QED) is 0.669. The van der Waals surface area contributed by atoms with Gasteiger partial charge in [0.05, 0.1) is 22.9 Å². The Morgan fingerprint density at radius 2 is 1.71 bits per heavy atom. The first-order chi connectivity index (χ1) is 6.39. The maximum atomic E-state index is 11.9. The normalized spacial score (nSPS) is 16.3. The van der Waals surface area contributed by atoms with E-state index in [1.807, 2.05) is 0 Å². The molecule has 86 valence electrons. The molecule has 7 heteroatoms. The summed E-state index contributed by atoms with van der Waals surface area (Å²) in [4.78, 5) is 0. The van der Waals surface area contributed by atoms with E-state index in [0.717, 1.165) is 0 Å². The Morgan fingerprint density at radius 1 is 1.29 bits per heavy atom. The van der Waals surface area contributed by atoms with Crippen LogP contribution in [-0.4, -0.2) is 36.2 Å². The van der Waals surface area contributed by atoms with Crippen molar-refractivity contribution in [3.05, 3.63) is 0 Å². The van der Waals surface area contributed by atoms with Gasteiger partial charge in [-0.3, -0.25) is 4.57 Å². The standard InChI is InChI=1S/C7H18NO4PS/c1-5-11-13(9,12-6-2)7-14(4,10)8-3/h5-7H2,1-4H3. The summed E-state index contributed by atoms with van der Waals surface area (Å²) < 4.78 is 37.2. The monoisotopic (exact) mass is 243 g/mol. The zero-order valence-corrected chi connectivity index (χ0v) is 10.8. The van der Waals surface area contributed by atoms with Gasteiger partial charge in [-0.05, 0) is 13.8 Å². The van der Waals surface area contributed by atoms with Gasteiger partial charge in [-0.2, -0.15) is 0 Å². The lowest BCUT2D eigenvalue weighted by Crippen LogP contribution is -2.08. The first-order valence-electron chi connectivity index (χ1n) is 4.35. The first-order valence-corrected chi connectivity index (χ1v) is 8.17. The van der Waals surface area contributed by atoms with Crippen molar-refractivity contribution in [3.8, 4) is 0 Å². The van der Waals surface area contributed by atoms with E-state index in [2.05, 4.69) is 4.36 Å². The van der Waals surface area contributed by atoms with Crippen molar-refractivity contribution in [2.45, 2.75) is 13.8 Å². The largest absolute Gasteiger partial charge is 0.343 e. The summed E-state index contributed by atoms with van der Waals surface area (Å²) in [5.74, 6) is 0. The molecule has 0 saturated carbocycles. The molecule has 0 aliphatic carbocycles. The summed E-state index contributed by atoms with van der Waals surface area (Å²) in [6.07, 6.45) is 1.44. The van der Waals surface area contributed by atoms with Crippen molar-refractivity contribution in [2.24, 2.45) is 4.36 Å². The number of hydrogen-bond donors (Lipinski definition) is 0. The second-order valence-corrected chi connectivity index (χ2v) is 7.77. The second kappa shape index (κ2) is 5.85. The van der Waals surface area contributed by atoms with Crippen molar-refractivity contribution in [2.75, 3.05) is 32.0 Å². The molecule has 0 bridgehead atoms. The minimum atomic E-state index is -3.23. The Hall–Kier alpha value is 0.100. The van der Waals surface area contributed by atoms with Gasteiger partial charge < -0.3 is 9.05 Å². The SMILES string of the molecule is CCOP(=O)(CS(C)(=O)=NC)OCC. The molecule has 0 aromatic carbocycles. The molecule has 0 rings (SSSR count). The van der Waals surface area contributed by atoms with E-state index in [9.17, 15) is 8.77 Å². The lowest BCUT2D eigenvalue weighted by molar-refractivity contribution is 0.224. The zero-order chi connectivity index (χ0) is 11.2. The van der Waals surface area contributed by atoms with Crippen molar-refractivity contribution < 1.29 is 17.8 Å². The molecule has 1 unspecified atom stereocenters. The van der Waals surface area contributed by atoms with Crippen LogP contribution in [0.5, 0.6) is 0 Å². The van der Waals surface area contributed by atoms with E-state index in [-0.39, 0.29) is 18.7 Å². The highest BCUT2D eigenvalue weighted by Crippen LogP contribution is 2.49. The molecule has 1 atom stereocenters. The molecule has 0 aromatic rings. The smallest absolute Gasteiger partial charge is 0.308 e. The van der Waals surface area contributed by atoms with Crippen LogP contribution >= 0.6 is 7.60 Å². The Kier molecular flexibility index (Phi) is 5.90. The molecule has 5 nitrogen and oxygen atoms in total. The third-order valence-electron chi connectivity index (χ3n) is 1.44. The summed E-state index contributed by atoms with van der Waals surface area (Å²) in [6, 6.07) is 0. The summed E-state index contributed by atoms with van der Waals surface area (Å²) in [5.41, 5.74) is -0.141. The first kappa shape index (κ1) is 14.1. The van der Waals surface area contributed by atoms with Gasteiger partial charge in [0.1, 0.15) is 5.49 Å². The van der Waals surface area contributed by atoms with Crippen LogP contribution in [0.1, 0.15) is 13.8 Å². The molecular weight excluding hydrogens is 225 g/mol. The third kappa shape index (κ3) is 5.10. The summed E-state index contributed by atoms with van der Waals surface area (Å²) in [6.45, 7) is 3.98. The summed E-state index contributed by atoms with van der Waals surface area (Å²) in [7, 11) is -4.25. The van der Waals surface area contributed by atoms with Crippen LogP contribution in [0.3, 0.4) is 0 Å². The van der Waals surface area contributed by atoms with Gasteiger partial charge in [-0.25, -0.2) is 8.57 Å².